The molecule has 0 N–H and O–H groups in total. The SMILES string of the molecule is O=S(=O)([O-])Oc1ccccc1.O=S(=O)([O-])Oc1ccccc1.[Pb+2]. The molecule has 8 nitrogen and oxygen atoms in total. The number of hydrogen-bond acceptors (Lipinski definition) is 8. The van der Waals surface area contributed by atoms with E-state index in [-0.39, 0.29) is 38.8 Å². The molecule has 2 aromatic rings. The second-order valence-corrected chi connectivity index (χ2v) is 5.58. The average Bonchev–Trinajstić information content (AvgIpc) is 2.38. The van der Waals surface area contributed by atoms with E-state index < -0.39 is 20.8 Å². The molecule has 0 heterocycles. The molecule has 0 aliphatic rings. The van der Waals surface area contributed by atoms with E-state index in [1.807, 2.05) is 0 Å². The maximum Gasteiger partial charge on any atom is 2.00 e. The molecule has 122 valence electrons. The largest absolute Gasteiger partial charge is 2.00 e. The first-order valence-corrected chi connectivity index (χ1v) is 8.23. The van der Waals surface area contributed by atoms with Gasteiger partial charge in [-0.1, -0.05) is 36.4 Å². The van der Waals surface area contributed by atoms with Crippen LogP contribution in [0.1, 0.15) is 0 Å². The third-order valence-corrected chi connectivity index (χ3v) is 2.68. The van der Waals surface area contributed by atoms with Crippen LogP contribution < -0.4 is 8.37 Å². The van der Waals surface area contributed by atoms with Gasteiger partial charge >= 0.3 is 27.3 Å². The van der Waals surface area contributed by atoms with Crippen LogP contribution in [0.2, 0.25) is 0 Å². The Morgan fingerprint density at radius 1 is 0.609 bits per heavy atom. The van der Waals surface area contributed by atoms with Gasteiger partial charge in [0.25, 0.3) is 20.8 Å². The van der Waals surface area contributed by atoms with E-state index in [1.165, 1.54) is 24.3 Å². The van der Waals surface area contributed by atoms with Crippen molar-refractivity contribution in [1.82, 2.24) is 0 Å². The van der Waals surface area contributed by atoms with Gasteiger partial charge in [0.1, 0.15) is 11.5 Å². The van der Waals surface area contributed by atoms with Gasteiger partial charge in [-0.2, -0.15) is 0 Å². The molecule has 0 saturated carbocycles. The monoisotopic (exact) mass is 554 g/mol. The Labute approximate surface area is 154 Å². The maximum atomic E-state index is 10.0. The number of rotatable bonds is 4. The van der Waals surface area contributed by atoms with Gasteiger partial charge < -0.3 is 17.5 Å². The molecule has 0 aliphatic carbocycles. The summed E-state index contributed by atoms with van der Waals surface area (Å²) in [7, 11) is -9.25. The molecule has 0 bridgehead atoms. The van der Waals surface area contributed by atoms with Gasteiger partial charge in [-0.05, 0) is 24.3 Å². The van der Waals surface area contributed by atoms with Gasteiger partial charge in [0.05, 0.1) is 0 Å². The summed E-state index contributed by atoms with van der Waals surface area (Å²) < 4.78 is 68.2. The third kappa shape index (κ3) is 11.9. The molecular formula is C12H10O8PbS2. The van der Waals surface area contributed by atoms with Gasteiger partial charge in [0.2, 0.25) is 0 Å². The van der Waals surface area contributed by atoms with Gasteiger partial charge in [-0.15, -0.1) is 0 Å². The zero-order chi connectivity index (χ0) is 16.6. The first-order valence-electron chi connectivity index (χ1n) is 5.56. The maximum absolute atomic E-state index is 10.0. The van der Waals surface area contributed by atoms with E-state index >= 15 is 0 Å². The molecule has 0 aliphatic heterocycles. The fourth-order valence-corrected chi connectivity index (χ4v) is 1.88. The van der Waals surface area contributed by atoms with Crippen molar-refractivity contribution in [2.45, 2.75) is 0 Å². The summed E-state index contributed by atoms with van der Waals surface area (Å²) in [6.07, 6.45) is 0. The van der Waals surface area contributed by atoms with E-state index in [9.17, 15) is 25.9 Å². The third-order valence-electron chi connectivity index (χ3n) is 1.88. The van der Waals surface area contributed by atoms with E-state index in [1.54, 1.807) is 36.4 Å². The standard InChI is InChI=1S/2C6H6O4S.Pb/c2*7-11(8,9)10-6-4-2-1-3-5-6;/h2*1-5H,(H,7,8,9);/q;;+2/p-2. The van der Waals surface area contributed by atoms with Crippen molar-refractivity contribution in [3.05, 3.63) is 60.7 Å². The van der Waals surface area contributed by atoms with Crippen LogP contribution in [-0.2, 0) is 20.8 Å². The molecule has 2 radical (unpaired) electrons. The quantitative estimate of drug-likeness (QED) is 0.307. The molecule has 0 fully saturated rings. The van der Waals surface area contributed by atoms with Crippen molar-refractivity contribution in [2.75, 3.05) is 0 Å². The Morgan fingerprint density at radius 2 is 0.870 bits per heavy atom. The summed E-state index contributed by atoms with van der Waals surface area (Å²) in [5.74, 6) is 0.0602. The molecule has 2 rings (SSSR count). The minimum atomic E-state index is -4.63. The van der Waals surface area contributed by atoms with Crippen LogP contribution in [-0.4, -0.2) is 53.2 Å². The topological polar surface area (TPSA) is 133 Å². The van der Waals surface area contributed by atoms with Crippen molar-refractivity contribution in [3.63, 3.8) is 0 Å². The van der Waals surface area contributed by atoms with Crippen LogP contribution in [0.25, 0.3) is 0 Å². The second kappa shape index (κ2) is 9.82. The van der Waals surface area contributed by atoms with Gasteiger partial charge in [0, 0.05) is 0 Å². The van der Waals surface area contributed by atoms with E-state index in [0.717, 1.165) is 0 Å². The molecule has 0 aromatic heterocycles. The average molecular weight is 554 g/mol. The molecule has 0 atom stereocenters. The Hall–Kier alpha value is -1.22. The molecule has 2 aromatic carbocycles. The first-order chi connectivity index (χ1) is 10.2. The minimum absolute atomic E-state index is 0. The summed E-state index contributed by atoms with van der Waals surface area (Å²) in [6, 6.07) is 15.2. The fraction of sp³-hybridized carbons (Fsp3) is 0. The summed E-state index contributed by atoms with van der Waals surface area (Å²) in [5.41, 5.74) is 0. The van der Waals surface area contributed by atoms with Crippen LogP contribution >= 0.6 is 0 Å². The second-order valence-electron chi connectivity index (χ2n) is 3.61. The number of para-hydroxylation sites is 2. The van der Waals surface area contributed by atoms with Gasteiger partial charge in [0.15, 0.2) is 0 Å². The van der Waals surface area contributed by atoms with Crippen molar-refractivity contribution >= 4 is 48.1 Å². The van der Waals surface area contributed by atoms with Crippen LogP contribution in [0.15, 0.2) is 60.7 Å². The van der Waals surface area contributed by atoms with Crippen molar-refractivity contribution in [2.24, 2.45) is 0 Å². The molecule has 0 unspecified atom stereocenters. The molecule has 11 heteroatoms. The first kappa shape index (κ1) is 21.8. The summed E-state index contributed by atoms with van der Waals surface area (Å²) in [6.45, 7) is 0. The van der Waals surface area contributed by atoms with Crippen LogP contribution in [0.3, 0.4) is 0 Å². The van der Waals surface area contributed by atoms with Crippen molar-refractivity contribution in [1.29, 1.82) is 0 Å². The fourth-order valence-electron chi connectivity index (χ4n) is 1.19. The molecule has 0 amide bonds. The molecular weight excluding hydrogens is 543 g/mol. The Balaban J connectivity index is 0.000000403. The number of benzene rings is 2. The summed E-state index contributed by atoms with van der Waals surface area (Å²) in [5, 5.41) is 0. The zero-order valence-electron chi connectivity index (χ0n) is 11.4. The molecule has 0 saturated heterocycles. The minimum Gasteiger partial charge on any atom is -0.716 e. The predicted octanol–water partition coefficient (Wildman–Crippen LogP) is 0.670. The van der Waals surface area contributed by atoms with Gasteiger partial charge in [-0.3, -0.25) is 0 Å². The van der Waals surface area contributed by atoms with Crippen molar-refractivity contribution < 1.29 is 34.3 Å². The van der Waals surface area contributed by atoms with Crippen molar-refractivity contribution in [3.8, 4) is 11.5 Å². The molecule has 0 spiro atoms. The normalized spacial score (nSPS) is 10.5. The Bertz CT molecular complexity index is 707. The van der Waals surface area contributed by atoms with E-state index in [0.29, 0.717) is 0 Å². The Kier molecular flexibility index (Phi) is 9.30. The smallest absolute Gasteiger partial charge is 0.716 e. The molecule has 23 heavy (non-hydrogen) atoms. The van der Waals surface area contributed by atoms with Crippen LogP contribution in [0.4, 0.5) is 0 Å². The zero-order valence-corrected chi connectivity index (χ0v) is 16.9. The van der Waals surface area contributed by atoms with E-state index in [4.69, 9.17) is 0 Å². The van der Waals surface area contributed by atoms with E-state index in [2.05, 4.69) is 8.37 Å². The number of hydrogen-bond donors (Lipinski definition) is 0. The van der Waals surface area contributed by atoms with Gasteiger partial charge in [-0.25, -0.2) is 16.8 Å². The van der Waals surface area contributed by atoms with Crippen LogP contribution in [0, 0.1) is 0 Å². The summed E-state index contributed by atoms with van der Waals surface area (Å²) in [4.78, 5) is 0. The Morgan fingerprint density at radius 3 is 1.09 bits per heavy atom. The summed E-state index contributed by atoms with van der Waals surface area (Å²) >= 11 is 0. The van der Waals surface area contributed by atoms with Crippen LogP contribution in [0.5, 0.6) is 11.5 Å². The predicted molar refractivity (Wildman–Crippen MR) is 79.3 cm³/mol.